The highest BCUT2D eigenvalue weighted by Gasteiger charge is 2.05. The molecule has 1 aromatic heterocycles. The molecule has 2 aromatic rings. The van der Waals surface area contributed by atoms with Gasteiger partial charge in [0.2, 0.25) is 0 Å². The van der Waals surface area contributed by atoms with Gasteiger partial charge in [-0.3, -0.25) is 0 Å². The lowest BCUT2D eigenvalue weighted by Gasteiger charge is -2.07. The van der Waals surface area contributed by atoms with Crippen molar-refractivity contribution < 1.29 is 4.39 Å². The van der Waals surface area contributed by atoms with Gasteiger partial charge in [0.25, 0.3) is 0 Å². The van der Waals surface area contributed by atoms with E-state index in [1.807, 2.05) is 12.3 Å². The van der Waals surface area contributed by atoms with Gasteiger partial charge < -0.3 is 11.1 Å². The second-order valence-electron chi connectivity index (χ2n) is 3.77. The molecule has 94 valence electrons. The fraction of sp³-hybridized carbons (Fsp3) is 0.167. The van der Waals surface area contributed by atoms with Crippen LogP contribution in [0.5, 0.6) is 0 Å². The Morgan fingerprint density at radius 1 is 1.56 bits per heavy atom. The van der Waals surface area contributed by atoms with Gasteiger partial charge in [-0.1, -0.05) is 12.2 Å². The molecule has 18 heavy (non-hydrogen) atoms. The second kappa shape index (κ2) is 5.41. The standard InChI is InChI=1S/C12H12FN3S2/c1-7-16-9(6-18-7)5-15-11-3-2-8(12(14)17)4-10(11)13/h2-4,6,15H,5H2,1H3,(H2,14,17). The Morgan fingerprint density at radius 2 is 2.33 bits per heavy atom. The van der Waals surface area contributed by atoms with Crippen LogP contribution < -0.4 is 11.1 Å². The highest BCUT2D eigenvalue weighted by atomic mass is 32.1. The van der Waals surface area contributed by atoms with Crippen molar-refractivity contribution in [3.05, 3.63) is 45.7 Å². The van der Waals surface area contributed by atoms with Gasteiger partial charge in [0.1, 0.15) is 10.8 Å². The number of aryl methyl sites for hydroxylation is 1. The summed E-state index contributed by atoms with van der Waals surface area (Å²) in [6.45, 7) is 2.43. The van der Waals surface area contributed by atoms with E-state index < -0.39 is 0 Å². The number of thiazole rings is 1. The highest BCUT2D eigenvalue weighted by Crippen LogP contribution is 2.17. The Bertz CT molecular complexity index is 580. The van der Waals surface area contributed by atoms with Crippen molar-refractivity contribution in [2.24, 2.45) is 5.73 Å². The normalized spacial score (nSPS) is 10.3. The first-order chi connectivity index (χ1) is 8.56. The van der Waals surface area contributed by atoms with Crippen LogP contribution in [0, 0.1) is 12.7 Å². The first kappa shape index (κ1) is 12.9. The van der Waals surface area contributed by atoms with Crippen molar-refractivity contribution >= 4 is 34.2 Å². The molecule has 0 bridgehead atoms. The molecule has 3 nitrogen and oxygen atoms in total. The van der Waals surface area contributed by atoms with E-state index >= 15 is 0 Å². The minimum absolute atomic E-state index is 0.190. The van der Waals surface area contributed by atoms with Crippen LogP contribution in [0.1, 0.15) is 16.3 Å². The van der Waals surface area contributed by atoms with Crippen LogP contribution in [0.15, 0.2) is 23.6 Å². The molecule has 0 aliphatic carbocycles. The molecular weight excluding hydrogens is 269 g/mol. The number of nitrogens with zero attached hydrogens (tertiary/aromatic N) is 1. The molecule has 0 amide bonds. The maximum atomic E-state index is 13.7. The van der Waals surface area contributed by atoms with Crippen LogP contribution in [0.3, 0.4) is 0 Å². The number of halogens is 1. The molecule has 0 radical (unpaired) electrons. The molecular formula is C12H12FN3S2. The molecule has 0 spiro atoms. The average Bonchev–Trinajstić information content (AvgIpc) is 2.73. The second-order valence-corrected chi connectivity index (χ2v) is 5.27. The number of rotatable bonds is 4. The first-order valence-corrected chi connectivity index (χ1v) is 6.59. The van der Waals surface area contributed by atoms with Crippen LogP contribution in [-0.2, 0) is 6.54 Å². The van der Waals surface area contributed by atoms with E-state index in [1.165, 1.54) is 6.07 Å². The van der Waals surface area contributed by atoms with E-state index in [4.69, 9.17) is 18.0 Å². The van der Waals surface area contributed by atoms with E-state index in [0.29, 0.717) is 17.8 Å². The van der Waals surface area contributed by atoms with E-state index in [2.05, 4.69) is 10.3 Å². The van der Waals surface area contributed by atoms with Gasteiger partial charge in [0.05, 0.1) is 22.9 Å². The summed E-state index contributed by atoms with van der Waals surface area (Å²) in [5.74, 6) is -0.368. The quantitative estimate of drug-likeness (QED) is 0.846. The molecule has 0 fully saturated rings. The summed E-state index contributed by atoms with van der Waals surface area (Å²) in [5.41, 5.74) is 7.28. The highest BCUT2D eigenvalue weighted by molar-refractivity contribution is 7.80. The third kappa shape index (κ3) is 3.02. The van der Waals surface area contributed by atoms with E-state index in [9.17, 15) is 4.39 Å². The predicted molar refractivity (Wildman–Crippen MR) is 76.5 cm³/mol. The van der Waals surface area contributed by atoms with Gasteiger partial charge in [0, 0.05) is 10.9 Å². The largest absolute Gasteiger partial charge is 0.389 e. The predicted octanol–water partition coefficient (Wildman–Crippen LogP) is 2.84. The summed E-state index contributed by atoms with van der Waals surface area (Å²) in [4.78, 5) is 4.48. The summed E-state index contributed by atoms with van der Waals surface area (Å²) in [5, 5.41) is 5.94. The summed E-state index contributed by atoms with van der Waals surface area (Å²) in [6, 6.07) is 4.65. The van der Waals surface area contributed by atoms with Crippen molar-refractivity contribution in [2.45, 2.75) is 13.5 Å². The van der Waals surface area contributed by atoms with Gasteiger partial charge in [-0.2, -0.15) is 0 Å². The van der Waals surface area contributed by atoms with Gasteiger partial charge >= 0.3 is 0 Å². The molecule has 0 aliphatic heterocycles. The van der Waals surface area contributed by atoms with E-state index in [-0.39, 0.29) is 10.8 Å². The Morgan fingerprint density at radius 3 is 2.89 bits per heavy atom. The maximum Gasteiger partial charge on any atom is 0.146 e. The fourth-order valence-corrected chi connectivity index (χ4v) is 2.23. The maximum absolute atomic E-state index is 13.7. The summed E-state index contributed by atoms with van der Waals surface area (Å²) >= 11 is 6.36. The SMILES string of the molecule is Cc1nc(CNc2ccc(C(N)=S)cc2F)cs1. The third-order valence-corrected chi connectivity index (χ3v) is 3.44. The van der Waals surface area contributed by atoms with Crippen LogP contribution in [0.25, 0.3) is 0 Å². The lowest BCUT2D eigenvalue weighted by molar-refractivity contribution is 0.629. The monoisotopic (exact) mass is 281 g/mol. The number of nitrogens with two attached hydrogens (primary N) is 1. The van der Waals surface area contributed by atoms with Crippen molar-refractivity contribution in [3.8, 4) is 0 Å². The smallest absolute Gasteiger partial charge is 0.146 e. The zero-order valence-corrected chi connectivity index (χ0v) is 11.4. The Balaban J connectivity index is 2.08. The lowest BCUT2D eigenvalue weighted by atomic mass is 10.2. The number of benzene rings is 1. The van der Waals surface area contributed by atoms with Crippen molar-refractivity contribution in [1.82, 2.24) is 4.98 Å². The summed E-state index contributed by atoms with van der Waals surface area (Å²) in [7, 11) is 0. The Labute approximate surface area is 114 Å². The topological polar surface area (TPSA) is 50.9 Å². The minimum atomic E-state index is -0.368. The number of hydrogen-bond donors (Lipinski definition) is 2. The molecule has 0 unspecified atom stereocenters. The Kier molecular flexibility index (Phi) is 3.88. The van der Waals surface area contributed by atoms with Crippen molar-refractivity contribution in [2.75, 3.05) is 5.32 Å². The molecule has 0 atom stereocenters. The van der Waals surface area contributed by atoms with Gasteiger partial charge in [-0.15, -0.1) is 11.3 Å². The zero-order valence-electron chi connectivity index (χ0n) is 9.74. The van der Waals surface area contributed by atoms with Gasteiger partial charge in [-0.05, 0) is 25.1 Å². The van der Waals surface area contributed by atoms with E-state index in [1.54, 1.807) is 23.5 Å². The molecule has 0 saturated heterocycles. The zero-order chi connectivity index (χ0) is 13.1. The fourth-order valence-electron chi connectivity index (χ4n) is 1.49. The third-order valence-electron chi connectivity index (χ3n) is 2.38. The van der Waals surface area contributed by atoms with Crippen LogP contribution in [0.2, 0.25) is 0 Å². The van der Waals surface area contributed by atoms with Crippen LogP contribution in [-0.4, -0.2) is 9.97 Å². The number of thiocarbonyl (C=S) groups is 1. The van der Waals surface area contributed by atoms with Crippen LogP contribution in [0.4, 0.5) is 10.1 Å². The van der Waals surface area contributed by atoms with Gasteiger partial charge in [0.15, 0.2) is 0 Å². The van der Waals surface area contributed by atoms with E-state index in [0.717, 1.165) is 10.7 Å². The summed E-state index contributed by atoms with van der Waals surface area (Å²) in [6.07, 6.45) is 0. The molecule has 0 aliphatic rings. The number of anilines is 1. The Hall–Kier alpha value is -1.53. The number of aromatic nitrogens is 1. The number of nitrogens with one attached hydrogen (secondary N) is 1. The average molecular weight is 281 g/mol. The molecule has 2 rings (SSSR count). The van der Waals surface area contributed by atoms with Crippen molar-refractivity contribution in [1.29, 1.82) is 0 Å². The summed E-state index contributed by atoms with van der Waals surface area (Å²) < 4.78 is 13.7. The molecule has 1 heterocycles. The lowest BCUT2D eigenvalue weighted by Crippen LogP contribution is -2.10. The molecule has 1 aromatic carbocycles. The van der Waals surface area contributed by atoms with Gasteiger partial charge in [-0.25, -0.2) is 9.37 Å². The first-order valence-electron chi connectivity index (χ1n) is 5.30. The molecule has 3 N–H and O–H groups in total. The number of hydrogen-bond acceptors (Lipinski definition) is 4. The molecule has 0 saturated carbocycles. The van der Waals surface area contributed by atoms with Crippen LogP contribution >= 0.6 is 23.6 Å². The van der Waals surface area contributed by atoms with Crippen molar-refractivity contribution in [3.63, 3.8) is 0 Å². The minimum Gasteiger partial charge on any atom is -0.389 e. The molecule has 6 heteroatoms.